The minimum absolute atomic E-state index is 0.0891. The Morgan fingerprint density at radius 3 is 1.17 bits per heavy atom. The molecule has 0 saturated carbocycles. The van der Waals surface area contributed by atoms with Gasteiger partial charge >= 0.3 is 0 Å². The molecule has 4 aromatic rings. The van der Waals surface area contributed by atoms with E-state index in [0.717, 1.165) is 68.9 Å². The number of amides is 4. The van der Waals surface area contributed by atoms with Crippen LogP contribution in [0, 0.1) is 23.7 Å². The first-order valence-corrected chi connectivity index (χ1v) is 30.2. The second kappa shape index (κ2) is 33.5. The molecule has 0 radical (unpaired) electrons. The van der Waals surface area contributed by atoms with Crippen LogP contribution in [-0.2, 0) is 28.5 Å². The third kappa shape index (κ3) is 18.8. The summed E-state index contributed by atoms with van der Waals surface area (Å²) < 4.78 is 46.8. The molecule has 7 N–H and O–H groups in total. The number of aromatic nitrogens is 4. The highest BCUT2D eigenvalue weighted by Gasteiger charge is 2.35. The lowest BCUT2D eigenvalue weighted by molar-refractivity contribution is -0.125. The summed E-state index contributed by atoms with van der Waals surface area (Å²) in [5.74, 6) is 14.1. The van der Waals surface area contributed by atoms with Crippen LogP contribution in [0.5, 0.6) is 23.0 Å². The second-order valence-electron chi connectivity index (χ2n) is 21.0. The number of nitrogens with two attached hydrogens (primary N) is 2. The van der Waals surface area contributed by atoms with Crippen molar-refractivity contribution in [2.75, 3.05) is 118 Å². The average molecular weight is 1300 g/mol. The van der Waals surface area contributed by atoms with E-state index in [1.165, 1.54) is 25.0 Å². The van der Waals surface area contributed by atoms with Gasteiger partial charge in [0.1, 0.15) is 45.8 Å². The number of alkyl halides is 1. The first-order valence-electron chi connectivity index (χ1n) is 29.0. The molecule has 86 heavy (non-hydrogen) atoms. The number of hydrogen-bond donors (Lipinski definition) is 5. The van der Waals surface area contributed by atoms with Crippen molar-refractivity contribution >= 4 is 57.9 Å². The number of halogens is 1. The lowest BCUT2D eigenvalue weighted by Gasteiger charge is -2.26. The van der Waals surface area contributed by atoms with Crippen LogP contribution >= 0.6 is 22.6 Å². The Labute approximate surface area is 516 Å². The minimum Gasteiger partial charge on any atom is -0.497 e. The Morgan fingerprint density at radius 1 is 0.558 bits per heavy atom. The van der Waals surface area contributed by atoms with Crippen molar-refractivity contribution in [2.45, 2.75) is 98.4 Å². The highest BCUT2D eigenvalue weighted by Crippen LogP contribution is 2.33. The molecule has 6 aliphatic heterocycles. The van der Waals surface area contributed by atoms with E-state index in [-0.39, 0.29) is 64.6 Å². The number of likely N-dealkylation sites (tertiary alicyclic amines) is 2. The van der Waals surface area contributed by atoms with E-state index < -0.39 is 11.8 Å². The van der Waals surface area contributed by atoms with E-state index >= 15 is 0 Å². The van der Waals surface area contributed by atoms with E-state index in [1.54, 1.807) is 84.0 Å². The van der Waals surface area contributed by atoms with Gasteiger partial charge in [0.05, 0.1) is 46.6 Å². The summed E-state index contributed by atoms with van der Waals surface area (Å²) >= 11 is 2.48. The molecule has 4 amide bonds. The van der Waals surface area contributed by atoms with Gasteiger partial charge in [-0.25, -0.2) is 9.36 Å². The third-order valence-electron chi connectivity index (χ3n) is 15.1. The molecule has 6 saturated heterocycles. The molecule has 6 fully saturated rings. The molecule has 0 bridgehead atoms. The summed E-state index contributed by atoms with van der Waals surface area (Å²) in [6.45, 7) is 15.2. The molecule has 2 atom stereocenters. The molecule has 8 heterocycles. The Hall–Kier alpha value is -7.33. The Balaban J connectivity index is 0.000000200. The topological polar surface area (TPSA) is 281 Å². The number of nitrogens with one attached hydrogen (secondary N) is 2. The molecular formula is C62H81IN10O13. The van der Waals surface area contributed by atoms with Crippen LogP contribution in [0.4, 0.5) is 11.6 Å². The summed E-state index contributed by atoms with van der Waals surface area (Å²) in [7, 11) is 6.26. The quantitative estimate of drug-likeness (QED) is 0.0441. The molecule has 0 spiro atoms. The molecule has 0 aliphatic carbocycles. The SMILES string of the molecule is C=CC(=O)N1CC[C@H](n2nc(C#Cc3cc(OC)cc(OC)c3)c(C(N)=O)c2NC2CCOCC2)C1.C=CC(=O)N1CC[C@H](n2nc(C#Cc3cc(OC)cc(OC)c3)c(C(N)=O)c2NC2CCOCC2)C1.IC1CCOCC1.OC1CCOCC1. The normalized spacial score (nSPS) is 19.0. The summed E-state index contributed by atoms with van der Waals surface area (Å²) in [6.07, 6.45) is 11.2. The number of anilines is 2. The van der Waals surface area contributed by atoms with E-state index in [2.05, 4.69) is 70.1 Å². The molecule has 2 aromatic carbocycles. The van der Waals surface area contributed by atoms with Crippen molar-refractivity contribution in [3.63, 3.8) is 0 Å². The van der Waals surface area contributed by atoms with Gasteiger partial charge in [-0.1, -0.05) is 47.6 Å². The van der Waals surface area contributed by atoms with Crippen molar-refractivity contribution in [1.82, 2.24) is 29.4 Å². The van der Waals surface area contributed by atoms with E-state index in [4.69, 9.17) is 64.7 Å². The summed E-state index contributed by atoms with van der Waals surface area (Å²) in [6, 6.07) is 10.5. The number of methoxy groups -OCH3 is 4. The maximum Gasteiger partial charge on any atom is 0.255 e. The molecule has 24 heteroatoms. The summed E-state index contributed by atoms with van der Waals surface area (Å²) in [5, 5.41) is 25.2. The van der Waals surface area contributed by atoms with E-state index in [9.17, 15) is 19.2 Å². The number of ether oxygens (including phenoxy) is 8. The van der Waals surface area contributed by atoms with Crippen LogP contribution in [0.2, 0.25) is 0 Å². The Kier molecular flexibility index (Phi) is 25.8. The first kappa shape index (κ1) is 66.2. The molecule has 464 valence electrons. The number of benzene rings is 2. The fraction of sp³-hybridized carbons (Fsp3) is 0.516. The molecule has 6 aliphatic rings. The number of carbonyl (C=O) groups is 4. The van der Waals surface area contributed by atoms with Crippen molar-refractivity contribution in [2.24, 2.45) is 11.5 Å². The first-order chi connectivity index (χ1) is 41.6. The van der Waals surface area contributed by atoms with E-state index in [1.807, 2.05) is 0 Å². The summed E-state index contributed by atoms with van der Waals surface area (Å²) in [4.78, 5) is 53.1. The van der Waals surface area contributed by atoms with Gasteiger partial charge in [-0.15, -0.1) is 0 Å². The molecule has 10 rings (SSSR count). The second-order valence-corrected chi connectivity index (χ2v) is 22.8. The standard InChI is InChI=1S/2C26H31N5O5.C5H9IO.C5H10O2/c2*1-4-23(32)30-10-7-19(16-30)31-26(28-18-8-11-36-12-9-18)24(25(27)33)22(29-31)6-5-17-13-20(34-2)15-21(14-17)35-3;2*6-5-1-3-7-4-2-5/h2*4,13-15,18-19,28H,1,7-12,16H2,2-3H3,(H2,27,33);5H,1-4H2;5-6H,1-4H2/t2*19-;;/m00../s1. The van der Waals surface area contributed by atoms with Gasteiger partial charge in [0, 0.05) is 118 Å². The zero-order valence-electron chi connectivity index (χ0n) is 49.6. The highest BCUT2D eigenvalue weighted by atomic mass is 127. The van der Waals surface area contributed by atoms with Gasteiger partial charge in [-0.3, -0.25) is 19.2 Å². The van der Waals surface area contributed by atoms with Gasteiger partial charge < -0.3 is 74.9 Å². The fourth-order valence-electron chi connectivity index (χ4n) is 10.3. The van der Waals surface area contributed by atoms with E-state index in [0.29, 0.717) is 111 Å². The predicted molar refractivity (Wildman–Crippen MR) is 332 cm³/mol. The number of rotatable bonds is 14. The predicted octanol–water partition coefficient (Wildman–Crippen LogP) is 5.66. The monoisotopic (exact) mass is 1300 g/mol. The number of hydrogen-bond acceptors (Lipinski definition) is 17. The fourth-order valence-corrected chi connectivity index (χ4v) is 10.8. The minimum atomic E-state index is -0.625. The van der Waals surface area contributed by atoms with Crippen molar-refractivity contribution in [1.29, 1.82) is 0 Å². The zero-order chi connectivity index (χ0) is 61.5. The smallest absolute Gasteiger partial charge is 0.255 e. The van der Waals surface area contributed by atoms with Crippen LogP contribution in [-0.4, -0.2) is 188 Å². The molecule has 2 aromatic heterocycles. The van der Waals surface area contributed by atoms with Gasteiger partial charge in [0.2, 0.25) is 11.8 Å². The van der Waals surface area contributed by atoms with Crippen LogP contribution in [0.15, 0.2) is 61.7 Å². The average Bonchev–Trinajstić information content (AvgIpc) is 2.18. The molecule has 0 unspecified atom stereocenters. The maximum atomic E-state index is 12.7. The Bertz CT molecular complexity index is 2840. The third-order valence-corrected chi connectivity index (χ3v) is 16.4. The van der Waals surface area contributed by atoms with Gasteiger partial charge in [0.25, 0.3) is 11.8 Å². The van der Waals surface area contributed by atoms with Crippen molar-refractivity contribution in [3.05, 3.63) is 95.3 Å². The molecule has 23 nitrogen and oxygen atoms in total. The highest BCUT2D eigenvalue weighted by molar-refractivity contribution is 14.1. The largest absolute Gasteiger partial charge is 0.497 e. The van der Waals surface area contributed by atoms with Crippen molar-refractivity contribution < 1.29 is 62.2 Å². The lowest BCUT2D eigenvalue weighted by atomic mass is 10.1. The van der Waals surface area contributed by atoms with Crippen molar-refractivity contribution in [3.8, 4) is 46.7 Å². The Morgan fingerprint density at radius 2 is 0.895 bits per heavy atom. The zero-order valence-corrected chi connectivity index (χ0v) is 51.8. The molecular weight excluding hydrogens is 1220 g/mol. The van der Waals surface area contributed by atoms with Gasteiger partial charge in [-0.05, 0) is 112 Å². The number of nitrogens with zero attached hydrogens (tertiary/aromatic N) is 6. The van der Waals surface area contributed by atoms with Gasteiger partial charge in [-0.2, -0.15) is 10.2 Å². The van der Waals surface area contributed by atoms with Crippen LogP contribution in [0.25, 0.3) is 0 Å². The van der Waals surface area contributed by atoms with Crippen LogP contribution in [0.3, 0.4) is 0 Å². The number of carbonyl (C=O) groups excluding carboxylic acids is 4. The van der Waals surface area contributed by atoms with Gasteiger partial charge in [0.15, 0.2) is 11.4 Å². The number of aliphatic hydroxyl groups is 1. The van der Waals surface area contributed by atoms with Crippen LogP contribution in [0.1, 0.15) is 120 Å². The lowest BCUT2D eigenvalue weighted by Crippen LogP contribution is -2.31. The summed E-state index contributed by atoms with van der Waals surface area (Å²) in [5.41, 5.74) is 14.0. The van der Waals surface area contributed by atoms with Crippen LogP contribution < -0.4 is 41.0 Å². The number of aliphatic hydroxyl groups excluding tert-OH is 1. The number of primary amides is 2. The maximum absolute atomic E-state index is 12.7.